The molecule has 7 nitrogen and oxygen atoms in total. The first-order chi connectivity index (χ1) is 15.6. The summed E-state index contributed by atoms with van der Waals surface area (Å²) < 4.78 is 26.8. The molecule has 9 heteroatoms. The average Bonchev–Trinajstić information content (AvgIpc) is 2.79. The molecule has 0 spiro atoms. The summed E-state index contributed by atoms with van der Waals surface area (Å²) in [6, 6.07) is 15.8. The topological polar surface area (TPSA) is 86.8 Å². The van der Waals surface area contributed by atoms with Gasteiger partial charge in [-0.3, -0.25) is 13.9 Å². The maximum atomic E-state index is 13.2. The molecule has 0 fully saturated rings. The van der Waals surface area contributed by atoms with Gasteiger partial charge in [-0.2, -0.15) is 0 Å². The number of benzene rings is 2. The molecule has 0 bridgehead atoms. The SMILES string of the molecule is CCCNC(=O)[C@H](C)N(Cc1ccc(Br)cc1)C(=O)CCCN(c1ccccc1)S(C)(=O)=O. The van der Waals surface area contributed by atoms with E-state index in [1.165, 1.54) is 4.31 Å². The summed E-state index contributed by atoms with van der Waals surface area (Å²) in [6.07, 6.45) is 2.42. The second-order valence-corrected chi connectivity index (χ2v) is 10.7. The van der Waals surface area contributed by atoms with Crippen LogP contribution >= 0.6 is 15.9 Å². The molecule has 0 aliphatic carbocycles. The molecule has 0 radical (unpaired) electrons. The number of nitrogens with zero attached hydrogens (tertiary/aromatic N) is 2. The fraction of sp³-hybridized carbons (Fsp3) is 0.417. The van der Waals surface area contributed by atoms with Crippen LogP contribution in [0.25, 0.3) is 0 Å². The minimum Gasteiger partial charge on any atom is -0.354 e. The van der Waals surface area contributed by atoms with Crippen molar-refractivity contribution in [3.05, 3.63) is 64.6 Å². The minimum atomic E-state index is -3.49. The van der Waals surface area contributed by atoms with Crippen molar-refractivity contribution in [3.8, 4) is 0 Å². The third kappa shape index (κ3) is 8.47. The van der Waals surface area contributed by atoms with Crippen molar-refractivity contribution in [2.75, 3.05) is 23.7 Å². The van der Waals surface area contributed by atoms with Gasteiger partial charge in [-0.15, -0.1) is 0 Å². The first kappa shape index (κ1) is 26.9. The van der Waals surface area contributed by atoms with E-state index in [-0.39, 0.29) is 24.8 Å². The van der Waals surface area contributed by atoms with Gasteiger partial charge in [-0.25, -0.2) is 8.42 Å². The van der Waals surface area contributed by atoms with Crippen molar-refractivity contribution in [2.45, 2.75) is 45.7 Å². The molecule has 0 aromatic heterocycles. The zero-order chi connectivity index (χ0) is 24.4. The lowest BCUT2D eigenvalue weighted by Gasteiger charge is -2.29. The van der Waals surface area contributed by atoms with E-state index in [0.717, 1.165) is 22.7 Å². The molecule has 1 atom stereocenters. The zero-order valence-corrected chi connectivity index (χ0v) is 21.7. The number of nitrogens with one attached hydrogen (secondary N) is 1. The van der Waals surface area contributed by atoms with Gasteiger partial charge < -0.3 is 10.2 Å². The number of para-hydroxylation sites is 1. The fourth-order valence-corrected chi connectivity index (χ4v) is 4.59. The Morgan fingerprint density at radius 3 is 2.27 bits per heavy atom. The highest BCUT2D eigenvalue weighted by Crippen LogP contribution is 2.19. The molecule has 0 heterocycles. The van der Waals surface area contributed by atoms with Gasteiger partial charge in [-0.1, -0.05) is 53.2 Å². The van der Waals surface area contributed by atoms with Gasteiger partial charge in [0.1, 0.15) is 6.04 Å². The highest BCUT2D eigenvalue weighted by atomic mass is 79.9. The number of amides is 2. The van der Waals surface area contributed by atoms with E-state index in [1.807, 2.05) is 37.3 Å². The van der Waals surface area contributed by atoms with Crippen molar-refractivity contribution in [2.24, 2.45) is 0 Å². The number of carbonyl (C=O) groups excluding carboxylic acids is 2. The van der Waals surface area contributed by atoms with Crippen molar-refractivity contribution in [1.82, 2.24) is 10.2 Å². The predicted molar refractivity (Wildman–Crippen MR) is 135 cm³/mol. The van der Waals surface area contributed by atoms with Gasteiger partial charge in [0, 0.05) is 30.5 Å². The lowest BCUT2D eigenvalue weighted by molar-refractivity contribution is -0.140. The molecular formula is C24H32BrN3O4S. The van der Waals surface area contributed by atoms with E-state index in [9.17, 15) is 18.0 Å². The predicted octanol–water partition coefficient (Wildman–Crippen LogP) is 3.94. The molecule has 0 saturated heterocycles. The maximum absolute atomic E-state index is 13.2. The van der Waals surface area contributed by atoms with E-state index in [4.69, 9.17) is 0 Å². The smallest absolute Gasteiger partial charge is 0.242 e. The minimum absolute atomic E-state index is 0.126. The summed E-state index contributed by atoms with van der Waals surface area (Å²) in [4.78, 5) is 27.3. The third-order valence-corrected chi connectivity index (χ3v) is 6.90. The Hall–Kier alpha value is -2.39. The molecule has 2 aromatic carbocycles. The number of hydrogen-bond donors (Lipinski definition) is 1. The Labute approximate surface area is 205 Å². The van der Waals surface area contributed by atoms with Crippen LogP contribution in [0.3, 0.4) is 0 Å². The summed E-state index contributed by atoms with van der Waals surface area (Å²) in [5.74, 6) is -0.400. The molecule has 0 saturated carbocycles. The number of carbonyl (C=O) groups is 2. The Balaban J connectivity index is 2.12. The fourth-order valence-electron chi connectivity index (χ4n) is 3.36. The lowest BCUT2D eigenvalue weighted by atomic mass is 10.1. The van der Waals surface area contributed by atoms with Crippen LogP contribution in [0.15, 0.2) is 59.1 Å². The Bertz CT molecular complexity index is 1010. The van der Waals surface area contributed by atoms with E-state index in [1.54, 1.807) is 36.1 Å². The third-order valence-electron chi connectivity index (χ3n) is 5.18. The van der Waals surface area contributed by atoms with Gasteiger partial charge >= 0.3 is 0 Å². The largest absolute Gasteiger partial charge is 0.354 e. The molecule has 180 valence electrons. The number of anilines is 1. The van der Waals surface area contributed by atoms with Crippen LogP contribution in [-0.2, 0) is 26.2 Å². The molecule has 2 rings (SSSR count). The van der Waals surface area contributed by atoms with Crippen LogP contribution in [0.5, 0.6) is 0 Å². The molecule has 33 heavy (non-hydrogen) atoms. The van der Waals surface area contributed by atoms with Gasteiger partial charge in [0.05, 0.1) is 11.9 Å². The summed E-state index contributed by atoms with van der Waals surface area (Å²) in [7, 11) is -3.49. The van der Waals surface area contributed by atoms with Crippen LogP contribution in [0.1, 0.15) is 38.7 Å². The normalized spacial score (nSPS) is 12.1. The second kappa shape index (κ2) is 12.7. The van der Waals surface area contributed by atoms with Crippen molar-refractivity contribution >= 4 is 43.5 Å². The standard InChI is InChI=1S/C24H32BrN3O4S/c1-4-16-26-24(30)19(2)27(18-20-12-14-21(25)15-13-20)23(29)11-8-17-28(33(3,31)32)22-9-6-5-7-10-22/h5-7,9-10,12-15,19H,4,8,11,16-18H2,1-3H3,(H,26,30)/t19-/m0/s1. The molecule has 2 aromatic rings. The molecule has 0 aliphatic rings. The van der Waals surface area contributed by atoms with Crippen LogP contribution in [0, 0.1) is 0 Å². The number of rotatable bonds is 12. The van der Waals surface area contributed by atoms with Crippen LogP contribution in [0.4, 0.5) is 5.69 Å². The van der Waals surface area contributed by atoms with Gasteiger partial charge in [0.2, 0.25) is 21.8 Å². The van der Waals surface area contributed by atoms with Crippen LogP contribution < -0.4 is 9.62 Å². The highest BCUT2D eigenvalue weighted by Gasteiger charge is 2.26. The van der Waals surface area contributed by atoms with Gasteiger partial charge in [0.15, 0.2) is 0 Å². The molecule has 0 aliphatic heterocycles. The van der Waals surface area contributed by atoms with Crippen LogP contribution in [0.2, 0.25) is 0 Å². The van der Waals surface area contributed by atoms with Crippen molar-refractivity contribution < 1.29 is 18.0 Å². The quantitative estimate of drug-likeness (QED) is 0.444. The number of halogens is 1. The second-order valence-electron chi connectivity index (χ2n) is 7.89. The maximum Gasteiger partial charge on any atom is 0.242 e. The van der Waals surface area contributed by atoms with Crippen molar-refractivity contribution in [1.29, 1.82) is 0 Å². The summed E-state index contributed by atoms with van der Waals surface area (Å²) in [5, 5.41) is 2.85. The van der Waals surface area contributed by atoms with Gasteiger partial charge in [0.25, 0.3) is 0 Å². The number of hydrogen-bond acceptors (Lipinski definition) is 4. The lowest BCUT2D eigenvalue weighted by Crippen LogP contribution is -2.47. The summed E-state index contributed by atoms with van der Waals surface area (Å²) in [6.45, 7) is 4.70. The Morgan fingerprint density at radius 2 is 1.70 bits per heavy atom. The van der Waals surface area contributed by atoms with Crippen LogP contribution in [-0.4, -0.2) is 50.5 Å². The van der Waals surface area contributed by atoms with E-state index in [2.05, 4.69) is 21.2 Å². The Kier molecular flexibility index (Phi) is 10.4. The van der Waals surface area contributed by atoms with Gasteiger partial charge in [-0.05, 0) is 49.6 Å². The monoisotopic (exact) mass is 537 g/mol. The highest BCUT2D eigenvalue weighted by molar-refractivity contribution is 9.10. The first-order valence-corrected chi connectivity index (χ1v) is 13.6. The summed E-state index contributed by atoms with van der Waals surface area (Å²) in [5.41, 5.74) is 1.47. The van der Waals surface area contributed by atoms with Crippen molar-refractivity contribution in [3.63, 3.8) is 0 Å². The van der Waals surface area contributed by atoms with E-state index >= 15 is 0 Å². The number of sulfonamides is 1. The van der Waals surface area contributed by atoms with E-state index in [0.29, 0.717) is 25.2 Å². The average molecular weight is 539 g/mol. The molecule has 2 amide bonds. The van der Waals surface area contributed by atoms with E-state index < -0.39 is 16.1 Å². The Morgan fingerprint density at radius 1 is 1.06 bits per heavy atom. The first-order valence-electron chi connectivity index (χ1n) is 11.0. The summed E-state index contributed by atoms with van der Waals surface area (Å²) >= 11 is 3.41. The molecule has 1 N–H and O–H groups in total. The molecular weight excluding hydrogens is 506 g/mol. The molecule has 0 unspecified atom stereocenters. The zero-order valence-electron chi connectivity index (χ0n) is 19.3.